The van der Waals surface area contributed by atoms with Crippen LogP contribution in [-0.2, 0) is 14.2 Å². The van der Waals surface area contributed by atoms with Gasteiger partial charge in [0, 0.05) is 53.3 Å². The molecule has 1 fully saturated rings. The van der Waals surface area contributed by atoms with E-state index in [1.165, 1.54) is 0 Å². The van der Waals surface area contributed by atoms with E-state index in [1.807, 2.05) is 27.8 Å². The number of nitrogens with one attached hydrogen (secondary N) is 1. The number of nitrogens with zero attached hydrogens (tertiary/aromatic N) is 3. The zero-order chi connectivity index (χ0) is 21.2. The van der Waals surface area contributed by atoms with Crippen LogP contribution >= 0.6 is 0 Å². The minimum Gasteiger partial charge on any atom is -0.444 e. The van der Waals surface area contributed by atoms with E-state index in [-0.39, 0.29) is 12.0 Å². The number of methoxy groups -OCH3 is 1. The maximum Gasteiger partial charge on any atom is 0.410 e. The van der Waals surface area contributed by atoms with Crippen molar-refractivity contribution < 1.29 is 19.0 Å². The number of amides is 1. The number of aliphatic imine (C=N–C) groups is 1. The lowest BCUT2D eigenvalue weighted by Gasteiger charge is -2.27. The van der Waals surface area contributed by atoms with Gasteiger partial charge in [0.05, 0.1) is 19.8 Å². The van der Waals surface area contributed by atoms with Crippen molar-refractivity contribution in [3.63, 3.8) is 0 Å². The van der Waals surface area contributed by atoms with Gasteiger partial charge in [-0.2, -0.15) is 0 Å². The van der Waals surface area contributed by atoms with Gasteiger partial charge in [0.1, 0.15) is 5.60 Å². The van der Waals surface area contributed by atoms with E-state index in [4.69, 9.17) is 14.2 Å². The quantitative estimate of drug-likeness (QED) is 0.363. The molecular formula is C20H40N4O4. The van der Waals surface area contributed by atoms with Gasteiger partial charge < -0.3 is 29.3 Å². The fourth-order valence-corrected chi connectivity index (χ4v) is 3.10. The molecule has 164 valence electrons. The summed E-state index contributed by atoms with van der Waals surface area (Å²) < 4.78 is 16.1. The van der Waals surface area contributed by atoms with Crippen molar-refractivity contribution in [2.75, 3.05) is 67.2 Å². The molecule has 1 saturated heterocycles. The first-order valence-electron chi connectivity index (χ1n) is 10.1. The zero-order valence-corrected chi connectivity index (χ0v) is 18.8. The first kappa shape index (κ1) is 24.5. The minimum atomic E-state index is -0.478. The zero-order valence-electron chi connectivity index (χ0n) is 18.8. The topological polar surface area (TPSA) is 75.6 Å². The highest BCUT2D eigenvalue weighted by atomic mass is 16.6. The molecule has 1 heterocycles. The van der Waals surface area contributed by atoms with E-state index in [2.05, 4.69) is 22.1 Å². The highest BCUT2D eigenvalue weighted by Gasteiger charge is 2.25. The summed E-state index contributed by atoms with van der Waals surface area (Å²) >= 11 is 0. The largest absolute Gasteiger partial charge is 0.444 e. The summed E-state index contributed by atoms with van der Waals surface area (Å²) in [5.74, 6) is 1.70. The third-order valence-corrected chi connectivity index (χ3v) is 4.48. The number of carbonyl (C=O) groups is 1. The molecule has 0 bridgehead atoms. The third-order valence-electron chi connectivity index (χ3n) is 4.48. The van der Waals surface area contributed by atoms with Crippen LogP contribution < -0.4 is 5.32 Å². The van der Waals surface area contributed by atoms with Gasteiger partial charge in [-0.15, -0.1) is 0 Å². The predicted octanol–water partition coefficient (Wildman–Crippen LogP) is 2.05. The molecule has 0 spiro atoms. The number of guanidine groups is 1. The molecule has 1 rings (SSSR count). The van der Waals surface area contributed by atoms with Crippen LogP contribution in [0.2, 0.25) is 0 Å². The molecule has 1 aliphatic rings. The van der Waals surface area contributed by atoms with Gasteiger partial charge in [0.15, 0.2) is 5.96 Å². The number of hydrogen-bond donors (Lipinski definition) is 1. The summed E-state index contributed by atoms with van der Waals surface area (Å²) in [5.41, 5.74) is -0.478. The van der Waals surface area contributed by atoms with E-state index >= 15 is 0 Å². The number of rotatable bonds is 9. The second kappa shape index (κ2) is 12.1. The second-order valence-electron chi connectivity index (χ2n) is 8.56. The molecule has 1 aliphatic heterocycles. The molecule has 28 heavy (non-hydrogen) atoms. The first-order valence-corrected chi connectivity index (χ1v) is 10.1. The van der Waals surface area contributed by atoms with Crippen LogP contribution in [0, 0.1) is 11.8 Å². The van der Waals surface area contributed by atoms with Crippen molar-refractivity contribution in [3.8, 4) is 0 Å². The molecule has 1 amide bonds. The molecule has 8 nitrogen and oxygen atoms in total. The average Bonchev–Trinajstić information content (AvgIpc) is 3.06. The van der Waals surface area contributed by atoms with E-state index < -0.39 is 5.60 Å². The van der Waals surface area contributed by atoms with Crippen LogP contribution in [0.15, 0.2) is 4.99 Å². The Kier molecular flexibility index (Phi) is 10.6. The molecule has 0 aromatic carbocycles. The van der Waals surface area contributed by atoms with E-state index in [0.717, 1.165) is 38.6 Å². The standard InChI is InChI=1S/C20H40N4O4/c1-16(13-23(6)19(25)28-20(2,3)4)12-22-18(21-5)24-9-8-17(14-24)15-27-11-10-26-7/h16-17H,8-15H2,1-7H3,(H,21,22). The maximum atomic E-state index is 12.1. The van der Waals surface area contributed by atoms with Crippen LogP contribution in [-0.4, -0.2) is 94.7 Å². The van der Waals surface area contributed by atoms with Gasteiger partial charge in [-0.25, -0.2) is 4.79 Å². The molecule has 0 aromatic heterocycles. The highest BCUT2D eigenvalue weighted by Crippen LogP contribution is 2.17. The highest BCUT2D eigenvalue weighted by molar-refractivity contribution is 5.80. The molecule has 8 heteroatoms. The van der Waals surface area contributed by atoms with Crippen LogP contribution in [0.3, 0.4) is 0 Å². The van der Waals surface area contributed by atoms with Crippen molar-refractivity contribution in [2.24, 2.45) is 16.8 Å². The van der Waals surface area contributed by atoms with Gasteiger partial charge in [-0.3, -0.25) is 4.99 Å². The summed E-state index contributed by atoms with van der Waals surface area (Å²) in [4.78, 5) is 20.4. The number of ether oxygens (including phenoxy) is 3. The Morgan fingerprint density at radius 3 is 2.68 bits per heavy atom. The SMILES string of the molecule is CN=C(NCC(C)CN(C)C(=O)OC(C)(C)C)N1CCC(COCCOC)C1. The van der Waals surface area contributed by atoms with Crippen LogP contribution in [0.25, 0.3) is 0 Å². The van der Waals surface area contributed by atoms with Gasteiger partial charge in [0.25, 0.3) is 0 Å². The van der Waals surface area contributed by atoms with E-state index in [1.54, 1.807) is 19.1 Å². The number of hydrogen-bond acceptors (Lipinski definition) is 5. The number of likely N-dealkylation sites (tertiary alicyclic amines) is 1. The Hall–Kier alpha value is -1.54. The molecule has 2 atom stereocenters. The van der Waals surface area contributed by atoms with Crippen molar-refractivity contribution in [1.82, 2.24) is 15.1 Å². The van der Waals surface area contributed by atoms with E-state index in [9.17, 15) is 4.79 Å². The van der Waals surface area contributed by atoms with Crippen LogP contribution in [0.4, 0.5) is 4.79 Å². The number of carbonyl (C=O) groups excluding carboxylic acids is 1. The molecule has 1 N–H and O–H groups in total. The normalized spacial score (nSPS) is 18.9. The maximum absolute atomic E-state index is 12.1. The molecule has 2 unspecified atom stereocenters. The third kappa shape index (κ3) is 9.59. The molecule has 0 radical (unpaired) electrons. The fourth-order valence-electron chi connectivity index (χ4n) is 3.10. The molecule has 0 saturated carbocycles. The predicted molar refractivity (Wildman–Crippen MR) is 112 cm³/mol. The van der Waals surface area contributed by atoms with Crippen LogP contribution in [0.1, 0.15) is 34.1 Å². The van der Waals surface area contributed by atoms with Crippen molar-refractivity contribution in [2.45, 2.75) is 39.7 Å². The summed E-state index contributed by atoms with van der Waals surface area (Å²) in [6, 6.07) is 0. The summed E-state index contributed by atoms with van der Waals surface area (Å²) in [7, 11) is 5.26. The Labute approximate surface area is 170 Å². The fraction of sp³-hybridized carbons (Fsp3) is 0.900. The van der Waals surface area contributed by atoms with Gasteiger partial charge in [-0.05, 0) is 33.1 Å². The lowest BCUT2D eigenvalue weighted by molar-refractivity contribution is 0.0278. The molecular weight excluding hydrogens is 360 g/mol. The Morgan fingerprint density at radius 2 is 2.07 bits per heavy atom. The molecule has 0 aromatic rings. The van der Waals surface area contributed by atoms with Gasteiger partial charge >= 0.3 is 6.09 Å². The lowest BCUT2D eigenvalue weighted by Crippen LogP contribution is -2.44. The Morgan fingerprint density at radius 1 is 1.36 bits per heavy atom. The second-order valence-corrected chi connectivity index (χ2v) is 8.56. The molecule has 0 aliphatic carbocycles. The van der Waals surface area contributed by atoms with Crippen molar-refractivity contribution in [3.05, 3.63) is 0 Å². The van der Waals surface area contributed by atoms with Crippen molar-refractivity contribution >= 4 is 12.1 Å². The average molecular weight is 401 g/mol. The first-order chi connectivity index (χ1) is 13.2. The van der Waals surface area contributed by atoms with Gasteiger partial charge in [-0.1, -0.05) is 6.92 Å². The Balaban J connectivity index is 2.34. The monoisotopic (exact) mass is 400 g/mol. The van der Waals surface area contributed by atoms with Crippen LogP contribution in [0.5, 0.6) is 0 Å². The Bertz CT molecular complexity index is 493. The minimum absolute atomic E-state index is 0.269. The summed E-state index contributed by atoms with van der Waals surface area (Å²) in [6.45, 7) is 13.0. The smallest absolute Gasteiger partial charge is 0.410 e. The summed E-state index contributed by atoms with van der Waals surface area (Å²) in [6.07, 6.45) is 0.810. The van der Waals surface area contributed by atoms with Crippen molar-refractivity contribution in [1.29, 1.82) is 0 Å². The summed E-state index contributed by atoms with van der Waals surface area (Å²) in [5, 5.41) is 3.44. The lowest BCUT2D eigenvalue weighted by atomic mass is 10.1. The van der Waals surface area contributed by atoms with Gasteiger partial charge in [0.2, 0.25) is 0 Å². The van der Waals surface area contributed by atoms with E-state index in [0.29, 0.717) is 25.7 Å².